The van der Waals surface area contributed by atoms with Gasteiger partial charge in [-0.3, -0.25) is 4.90 Å². The highest BCUT2D eigenvalue weighted by Crippen LogP contribution is 2.24. The van der Waals surface area contributed by atoms with Gasteiger partial charge < -0.3 is 10.8 Å². The predicted molar refractivity (Wildman–Crippen MR) is 74.2 cm³/mol. The second-order valence-electron chi connectivity index (χ2n) is 5.16. The van der Waals surface area contributed by atoms with Crippen LogP contribution in [0.2, 0.25) is 0 Å². The Hall–Kier alpha value is -0.900. The van der Waals surface area contributed by atoms with Crippen molar-refractivity contribution in [1.82, 2.24) is 4.90 Å². The Morgan fingerprint density at radius 3 is 2.56 bits per heavy atom. The summed E-state index contributed by atoms with van der Waals surface area (Å²) in [6.45, 7) is 2.40. The molecule has 1 aromatic rings. The number of hydrogen-bond acceptors (Lipinski definition) is 3. The summed E-state index contributed by atoms with van der Waals surface area (Å²) in [4.78, 5) is 2.35. The molecule has 1 aliphatic carbocycles. The maximum Gasteiger partial charge on any atom is 0.0695 e. The van der Waals surface area contributed by atoms with Crippen molar-refractivity contribution in [3.05, 3.63) is 35.9 Å². The van der Waals surface area contributed by atoms with Gasteiger partial charge in [0.2, 0.25) is 0 Å². The van der Waals surface area contributed by atoms with Gasteiger partial charge in [0.05, 0.1) is 6.10 Å². The molecule has 1 aromatic carbocycles. The normalized spacial score (nSPS) is 24.4. The highest BCUT2D eigenvalue weighted by Gasteiger charge is 2.28. The van der Waals surface area contributed by atoms with Gasteiger partial charge in [0.1, 0.15) is 0 Å². The van der Waals surface area contributed by atoms with Crippen molar-refractivity contribution in [2.24, 2.45) is 5.73 Å². The van der Waals surface area contributed by atoms with Crippen LogP contribution in [0.25, 0.3) is 0 Å². The highest BCUT2D eigenvalue weighted by atomic mass is 16.3. The van der Waals surface area contributed by atoms with E-state index in [1.807, 2.05) is 6.07 Å². The van der Waals surface area contributed by atoms with E-state index in [-0.39, 0.29) is 12.1 Å². The smallest absolute Gasteiger partial charge is 0.0695 e. The third-order valence-corrected chi connectivity index (χ3v) is 3.81. The molecule has 1 saturated carbocycles. The molecule has 3 N–H and O–H groups in total. The van der Waals surface area contributed by atoms with Crippen molar-refractivity contribution >= 4 is 0 Å². The summed E-state index contributed by atoms with van der Waals surface area (Å²) in [6.07, 6.45) is 4.21. The van der Waals surface area contributed by atoms with Gasteiger partial charge in [0, 0.05) is 25.7 Å². The first kappa shape index (κ1) is 13.5. The molecular formula is C15H24N2O. The molecule has 0 amide bonds. The van der Waals surface area contributed by atoms with Gasteiger partial charge in [-0.05, 0) is 18.4 Å². The molecule has 1 fully saturated rings. The SMILES string of the molecule is NCCN(Cc1ccccc1)C1CCCCC1O. The lowest BCUT2D eigenvalue weighted by Gasteiger charge is -2.37. The highest BCUT2D eigenvalue weighted by molar-refractivity contribution is 5.14. The molecule has 2 rings (SSSR count). The van der Waals surface area contributed by atoms with Gasteiger partial charge in [0.15, 0.2) is 0 Å². The third kappa shape index (κ3) is 3.55. The number of nitrogens with zero attached hydrogens (tertiary/aromatic N) is 1. The minimum Gasteiger partial charge on any atom is -0.391 e. The lowest BCUT2D eigenvalue weighted by Crippen LogP contribution is -2.46. The van der Waals surface area contributed by atoms with Crippen LogP contribution in [0.4, 0.5) is 0 Å². The zero-order chi connectivity index (χ0) is 12.8. The summed E-state index contributed by atoms with van der Waals surface area (Å²) in [5.41, 5.74) is 7.01. The number of aliphatic hydroxyl groups excluding tert-OH is 1. The minimum absolute atomic E-state index is 0.186. The molecule has 0 radical (unpaired) electrons. The predicted octanol–water partition coefficient (Wildman–Crippen LogP) is 1.75. The van der Waals surface area contributed by atoms with Crippen molar-refractivity contribution in [1.29, 1.82) is 0 Å². The van der Waals surface area contributed by atoms with Gasteiger partial charge in [-0.2, -0.15) is 0 Å². The maximum absolute atomic E-state index is 10.2. The number of aliphatic hydroxyl groups is 1. The van der Waals surface area contributed by atoms with Gasteiger partial charge in [-0.15, -0.1) is 0 Å². The Morgan fingerprint density at radius 2 is 1.89 bits per heavy atom. The van der Waals surface area contributed by atoms with E-state index in [0.717, 1.165) is 32.4 Å². The van der Waals surface area contributed by atoms with Crippen LogP contribution in [0, 0.1) is 0 Å². The Bertz CT molecular complexity index is 342. The molecular weight excluding hydrogens is 224 g/mol. The summed E-state index contributed by atoms with van der Waals surface area (Å²) in [5.74, 6) is 0. The fourth-order valence-corrected chi connectivity index (χ4v) is 2.86. The van der Waals surface area contributed by atoms with Gasteiger partial charge >= 0.3 is 0 Å². The average molecular weight is 248 g/mol. The molecule has 2 atom stereocenters. The molecule has 0 aromatic heterocycles. The monoisotopic (exact) mass is 248 g/mol. The average Bonchev–Trinajstić information content (AvgIpc) is 2.40. The molecule has 18 heavy (non-hydrogen) atoms. The molecule has 3 nitrogen and oxygen atoms in total. The summed E-state index contributed by atoms with van der Waals surface area (Å²) < 4.78 is 0. The third-order valence-electron chi connectivity index (χ3n) is 3.81. The fraction of sp³-hybridized carbons (Fsp3) is 0.600. The van der Waals surface area contributed by atoms with Gasteiger partial charge in [0.25, 0.3) is 0 Å². The first-order valence-corrected chi connectivity index (χ1v) is 6.97. The minimum atomic E-state index is -0.186. The summed E-state index contributed by atoms with van der Waals surface area (Å²) >= 11 is 0. The van der Waals surface area contributed by atoms with E-state index in [1.54, 1.807) is 0 Å². The first-order chi connectivity index (χ1) is 8.81. The molecule has 2 unspecified atom stereocenters. The van der Waals surface area contributed by atoms with E-state index >= 15 is 0 Å². The molecule has 0 heterocycles. The number of rotatable bonds is 5. The van der Waals surface area contributed by atoms with Crippen LogP contribution in [0.1, 0.15) is 31.2 Å². The molecule has 1 aliphatic rings. The molecule has 0 spiro atoms. The van der Waals surface area contributed by atoms with Crippen molar-refractivity contribution in [3.8, 4) is 0 Å². The second-order valence-corrected chi connectivity index (χ2v) is 5.16. The summed E-state index contributed by atoms with van der Waals surface area (Å²) in [5, 5.41) is 10.2. The van der Waals surface area contributed by atoms with Crippen molar-refractivity contribution < 1.29 is 5.11 Å². The summed E-state index contributed by atoms with van der Waals surface area (Å²) in [7, 11) is 0. The van der Waals surface area contributed by atoms with Gasteiger partial charge in [-0.25, -0.2) is 0 Å². The van der Waals surface area contributed by atoms with Crippen molar-refractivity contribution in [3.63, 3.8) is 0 Å². The Balaban J connectivity index is 2.02. The number of nitrogens with two attached hydrogens (primary N) is 1. The van der Waals surface area contributed by atoms with Crippen LogP contribution in [0.5, 0.6) is 0 Å². The standard InChI is InChI=1S/C15H24N2O/c16-10-11-17(12-13-6-2-1-3-7-13)14-8-4-5-9-15(14)18/h1-3,6-7,14-15,18H,4-5,8-12,16H2. The van der Waals surface area contributed by atoms with E-state index in [1.165, 1.54) is 12.0 Å². The van der Waals surface area contributed by atoms with E-state index in [4.69, 9.17) is 5.73 Å². The largest absolute Gasteiger partial charge is 0.391 e. The molecule has 0 saturated heterocycles. The quantitative estimate of drug-likeness (QED) is 0.834. The fourth-order valence-electron chi connectivity index (χ4n) is 2.86. The number of hydrogen-bond donors (Lipinski definition) is 2. The zero-order valence-electron chi connectivity index (χ0n) is 11.0. The molecule has 100 valence electrons. The van der Waals surface area contributed by atoms with Crippen LogP contribution in [-0.4, -0.2) is 35.2 Å². The van der Waals surface area contributed by atoms with Crippen molar-refractivity contribution in [2.45, 2.75) is 44.4 Å². The van der Waals surface area contributed by atoms with Crippen LogP contribution in [0.15, 0.2) is 30.3 Å². The number of benzene rings is 1. The first-order valence-electron chi connectivity index (χ1n) is 6.97. The molecule has 3 heteroatoms. The molecule has 0 aliphatic heterocycles. The van der Waals surface area contributed by atoms with E-state index in [2.05, 4.69) is 29.2 Å². The second kappa shape index (κ2) is 6.88. The lowest BCUT2D eigenvalue weighted by molar-refractivity contribution is 0.0171. The molecule has 0 bridgehead atoms. The van der Waals surface area contributed by atoms with Crippen molar-refractivity contribution in [2.75, 3.05) is 13.1 Å². The van der Waals surface area contributed by atoms with Crippen LogP contribution in [-0.2, 0) is 6.54 Å². The van der Waals surface area contributed by atoms with E-state index in [0.29, 0.717) is 6.54 Å². The van der Waals surface area contributed by atoms with E-state index in [9.17, 15) is 5.11 Å². The van der Waals surface area contributed by atoms with E-state index < -0.39 is 0 Å². The van der Waals surface area contributed by atoms with Crippen LogP contribution in [0.3, 0.4) is 0 Å². The summed E-state index contributed by atoms with van der Waals surface area (Å²) in [6, 6.07) is 10.7. The maximum atomic E-state index is 10.2. The topological polar surface area (TPSA) is 49.5 Å². The Kier molecular flexibility index (Phi) is 5.17. The van der Waals surface area contributed by atoms with Gasteiger partial charge in [-0.1, -0.05) is 43.2 Å². The lowest BCUT2D eigenvalue weighted by atomic mass is 9.91. The zero-order valence-corrected chi connectivity index (χ0v) is 11.0. The van der Waals surface area contributed by atoms with Crippen LogP contribution < -0.4 is 5.73 Å². The Morgan fingerprint density at radius 1 is 1.17 bits per heavy atom. The Labute approximate surface area is 110 Å². The van der Waals surface area contributed by atoms with Crippen LogP contribution >= 0.6 is 0 Å².